The zero-order valence-corrected chi connectivity index (χ0v) is 13.3. The fourth-order valence-electron chi connectivity index (χ4n) is 2.51. The first-order valence-electron chi connectivity index (χ1n) is 7.29. The van der Waals surface area contributed by atoms with Crippen molar-refractivity contribution in [2.45, 2.75) is 43.3 Å². The number of hydrogen-bond donors (Lipinski definition) is 2. The number of rotatable bonds is 6. The van der Waals surface area contributed by atoms with Gasteiger partial charge in [0.2, 0.25) is 0 Å². The van der Waals surface area contributed by atoms with Gasteiger partial charge in [0.25, 0.3) is 0 Å². The molecule has 5 nitrogen and oxygen atoms in total. The van der Waals surface area contributed by atoms with Crippen molar-refractivity contribution >= 4 is 15.5 Å². The van der Waals surface area contributed by atoms with Crippen molar-refractivity contribution < 1.29 is 18.3 Å². The number of benzene rings is 1. The molecule has 0 amide bonds. The molecule has 1 aliphatic rings. The van der Waals surface area contributed by atoms with Gasteiger partial charge in [-0.2, -0.15) is 0 Å². The van der Waals surface area contributed by atoms with Crippen LogP contribution in [0.3, 0.4) is 0 Å². The molecule has 0 bridgehead atoms. The van der Waals surface area contributed by atoms with Crippen LogP contribution in [0.1, 0.15) is 26.7 Å². The first-order chi connectivity index (χ1) is 9.89. The SMILES string of the molecule is CCCS(=O)(=O)c1ccccc1NCC1(O)CCOC1C. The molecule has 1 aromatic carbocycles. The van der Waals surface area contributed by atoms with Crippen LogP contribution in [0.25, 0.3) is 0 Å². The Morgan fingerprint density at radius 3 is 2.76 bits per heavy atom. The van der Waals surface area contributed by atoms with Crippen molar-refractivity contribution in [3.8, 4) is 0 Å². The topological polar surface area (TPSA) is 75.6 Å². The molecule has 0 aliphatic carbocycles. The lowest BCUT2D eigenvalue weighted by molar-refractivity contribution is -0.0176. The Bertz CT molecular complexity index is 587. The molecule has 0 saturated carbocycles. The Balaban J connectivity index is 2.18. The molecule has 2 unspecified atom stereocenters. The van der Waals surface area contributed by atoms with Gasteiger partial charge in [-0.25, -0.2) is 8.42 Å². The van der Waals surface area contributed by atoms with Gasteiger partial charge >= 0.3 is 0 Å². The lowest BCUT2D eigenvalue weighted by Crippen LogP contribution is -2.43. The van der Waals surface area contributed by atoms with E-state index in [1.165, 1.54) is 0 Å². The molecule has 1 aromatic rings. The third-order valence-corrected chi connectivity index (χ3v) is 5.91. The second kappa shape index (κ2) is 6.34. The molecule has 0 radical (unpaired) electrons. The first kappa shape index (κ1) is 16.3. The Labute approximate surface area is 126 Å². The fraction of sp³-hybridized carbons (Fsp3) is 0.600. The molecule has 21 heavy (non-hydrogen) atoms. The molecule has 118 valence electrons. The van der Waals surface area contributed by atoms with E-state index in [0.29, 0.717) is 30.0 Å². The van der Waals surface area contributed by atoms with E-state index in [1.807, 2.05) is 13.8 Å². The van der Waals surface area contributed by atoms with Gasteiger partial charge in [-0.15, -0.1) is 0 Å². The minimum Gasteiger partial charge on any atom is -0.385 e. The van der Waals surface area contributed by atoms with Gasteiger partial charge in [-0.1, -0.05) is 19.1 Å². The minimum atomic E-state index is -3.30. The van der Waals surface area contributed by atoms with Crippen molar-refractivity contribution in [2.75, 3.05) is 24.2 Å². The highest BCUT2D eigenvalue weighted by atomic mass is 32.2. The summed E-state index contributed by atoms with van der Waals surface area (Å²) in [7, 11) is -3.30. The van der Waals surface area contributed by atoms with Crippen molar-refractivity contribution in [2.24, 2.45) is 0 Å². The smallest absolute Gasteiger partial charge is 0.180 e. The van der Waals surface area contributed by atoms with Gasteiger partial charge in [-0.3, -0.25) is 0 Å². The highest BCUT2D eigenvalue weighted by Gasteiger charge is 2.39. The van der Waals surface area contributed by atoms with E-state index in [9.17, 15) is 13.5 Å². The lowest BCUT2D eigenvalue weighted by Gasteiger charge is -2.27. The maximum absolute atomic E-state index is 12.3. The molecule has 6 heteroatoms. The summed E-state index contributed by atoms with van der Waals surface area (Å²) in [6.45, 7) is 4.46. The molecule has 0 spiro atoms. The van der Waals surface area contributed by atoms with Gasteiger partial charge in [0.15, 0.2) is 9.84 Å². The number of para-hydroxylation sites is 1. The van der Waals surface area contributed by atoms with Crippen LogP contribution in [-0.4, -0.2) is 44.1 Å². The summed E-state index contributed by atoms with van der Waals surface area (Å²) in [6.07, 6.45) is 0.862. The number of hydrogen-bond acceptors (Lipinski definition) is 5. The molecule has 1 aliphatic heterocycles. The normalized spacial score (nSPS) is 26.0. The van der Waals surface area contributed by atoms with Crippen LogP contribution in [-0.2, 0) is 14.6 Å². The summed E-state index contributed by atoms with van der Waals surface area (Å²) in [5.74, 6) is 0.121. The number of nitrogens with one attached hydrogen (secondary N) is 1. The number of ether oxygens (including phenoxy) is 1. The fourth-order valence-corrected chi connectivity index (χ4v) is 4.03. The van der Waals surface area contributed by atoms with Gasteiger partial charge in [0.1, 0.15) is 5.60 Å². The standard InChI is InChI=1S/C15H23NO4S/c1-3-10-21(18,19)14-7-5-4-6-13(14)16-11-15(17)8-9-20-12(15)2/h4-7,12,16-17H,3,8-11H2,1-2H3. The summed E-state index contributed by atoms with van der Waals surface area (Å²) in [6, 6.07) is 6.83. The van der Waals surface area contributed by atoms with Crippen LogP contribution in [0, 0.1) is 0 Å². The Kier molecular flexibility index (Phi) is 4.91. The summed E-state index contributed by atoms with van der Waals surface area (Å²) in [4.78, 5) is 0.294. The van der Waals surface area contributed by atoms with Gasteiger partial charge < -0.3 is 15.2 Å². The molecular weight excluding hydrogens is 290 g/mol. The van der Waals surface area contributed by atoms with Crippen molar-refractivity contribution in [3.05, 3.63) is 24.3 Å². The van der Waals surface area contributed by atoms with Crippen LogP contribution >= 0.6 is 0 Å². The third-order valence-electron chi connectivity index (χ3n) is 3.94. The second-order valence-electron chi connectivity index (χ2n) is 5.54. The Morgan fingerprint density at radius 2 is 2.14 bits per heavy atom. The zero-order valence-electron chi connectivity index (χ0n) is 12.5. The molecular formula is C15H23NO4S. The maximum Gasteiger partial charge on any atom is 0.180 e. The Hall–Kier alpha value is -1.11. The van der Waals surface area contributed by atoms with Crippen molar-refractivity contribution in [1.29, 1.82) is 0 Å². The first-order valence-corrected chi connectivity index (χ1v) is 8.94. The van der Waals surface area contributed by atoms with Crippen LogP contribution in [0.5, 0.6) is 0 Å². The van der Waals surface area contributed by atoms with Crippen molar-refractivity contribution in [1.82, 2.24) is 0 Å². The van der Waals surface area contributed by atoms with E-state index in [0.717, 1.165) is 0 Å². The minimum absolute atomic E-state index is 0.121. The average molecular weight is 313 g/mol. The lowest BCUT2D eigenvalue weighted by atomic mass is 9.96. The summed E-state index contributed by atoms with van der Waals surface area (Å²) >= 11 is 0. The van der Waals surface area contributed by atoms with Crippen LogP contribution in [0.15, 0.2) is 29.2 Å². The second-order valence-corrected chi connectivity index (χ2v) is 7.61. The van der Waals surface area contributed by atoms with Crippen LogP contribution in [0.4, 0.5) is 5.69 Å². The number of anilines is 1. The predicted molar refractivity (Wildman–Crippen MR) is 82.3 cm³/mol. The summed E-state index contributed by atoms with van der Waals surface area (Å²) in [5.41, 5.74) is -0.416. The molecule has 1 fully saturated rings. The molecule has 2 rings (SSSR count). The maximum atomic E-state index is 12.3. The zero-order chi connectivity index (χ0) is 15.5. The van der Waals surface area contributed by atoms with Crippen LogP contribution < -0.4 is 5.32 Å². The van der Waals surface area contributed by atoms with Crippen LogP contribution in [0.2, 0.25) is 0 Å². The summed E-state index contributed by atoms with van der Waals surface area (Å²) < 4.78 is 29.9. The monoisotopic (exact) mass is 313 g/mol. The highest BCUT2D eigenvalue weighted by Crippen LogP contribution is 2.28. The van der Waals surface area contributed by atoms with E-state index >= 15 is 0 Å². The Morgan fingerprint density at radius 1 is 1.43 bits per heavy atom. The average Bonchev–Trinajstić information content (AvgIpc) is 2.77. The summed E-state index contributed by atoms with van der Waals surface area (Å²) in [5, 5.41) is 13.6. The van der Waals surface area contributed by atoms with E-state index < -0.39 is 15.4 Å². The third kappa shape index (κ3) is 3.56. The van der Waals surface area contributed by atoms with E-state index in [2.05, 4.69) is 5.32 Å². The van der Waals surface area contributed by atoms with E-state index in [4.69, 9.17) is 4.74 Å². The van der Waals surface area contributed by atoms with Gasteiger partial charge in [-0.05, 0) is 25.5 Å². The predicted octanol–water partition coefficient (Wildman–Crippen LogP) is 1.82. The molecule has 0 aromatic heterocycles. The largest absolute Gasteiger partial charge is 0.385 e. The van der Waals surface area contributed by atoms with E-state index in [-0.39, 0.29) is 18.4 Å². The quantitative estimate of drug-likeness (QED) is 0.838. The number of aliphatic hydroxyl groups is 1. The van der Waals surface area contributed by atoms with Gasteiger partial charge in [0.05, 0.1) is 22.4 Å². The van der Waals surface area contributed by atoms with Gasteiger partial charge in [0, 0.05) is 19.6 Å². The molecule has 1 heterocycles. The molecule has 2 atom stereocenters. The highest BCUT2D eigenvalue weighted by molar-refractivity contribution is 7.91. The number of sulfone groups is 1. The molecule has 2 N–H and O–H groups in total. The van der Waals surface area contributed by atoms with E-state index in [1.54, 1.807) is 24.3 Å². The van der Waals surface area contributed by atoms with Crippen molar-refractivity contribution in [3.63, 3.8) is 0 Å². The molecule has 1 saturated heterocycles.